The van der Waals surface area contributed by atoms with Crippen LogP contribution < -0.4 is 14.8 Å². The molecule has 0 atom stereocenters. The van der Waals surface area contributed by atoms with Crippen LogP contribution in [0.15, 0.2) is 42.5 Å². The quantitative estimate of drug-likeness (QED) is 0.727. The molecule has 0 aliphatic carbocycles. The summed E-state index contributed by atoms with van der Waals surface area (Å²) in [5.41, 5.74) is 0.836. The molecule has 1 N–H and O–H groups in total. The second-order valence-electron chi connectivity index (χ2n) is 5.08. The number of methoxy groups -OCH3 is 2. The van der Waals surface area contributed by atoms with Gasteiger partial charge >= 0.3 is 0 Å². The molecule has 24 heavy (non-hydrogen) atoms. The number of hydrogen-bond acceptors (Lipinski definition) is 4. The zero-order valence-corrected chi connectivity index (χ0v) is 14.8. The molecule has 3 rings (SSSR count). The Morgan fingerprint density at radius 3 is 2.62 bits per heavy atom. The number of thiophene rings is 1. The average molecular weight is 362 g/mol. The number of rotatable bonds is 5. The Hall–Kier alpha value is -2.24. The van der Waals surface area contributed by atoms with Gasteiger partial charge in [0.15, 0.2) is 11.5 Å². The molecule has 0 saturated carbocycles. The molecule has 4 nitrogen and oxygen atoms in total. The molecule has 6 heteroatoms. The van der Waals surface area contributed by atoms with Gasteiger partial charge in [-0.15, -0.1) is 11.3 Å². The Kier molecular flexibility index (Phi) is 4.92. The van der Waals surface area contributed by atoms with Gasteiger partial charge in [0, 0.05) is 22.2 Å². The zero-order valence-electron chi connectivity index (χ0n) is 13.3. The van der Waals surface area contributed by atoms with Crippen LogP contribution in [0.4, 0.5) is 0 Å². The fourth-order valence-electron chi connectivity index (χ4n) is 2.51. The highest BCUT2D eigenvalue weighted by atomic mass is 35.5. The summed E-state index contributed by atoms with van der Waals surface area (Å²) in [6.45, 7) is 0.323. The van der Waals surface area contributed by atoms with Crippen LogP contribution in [-0.4, -0.2) is 20.1 Å². The maximum Gasteiger partial charge on any atom is 0.263 e. The predicted octanol–water partition coefficient (Wildman–Crippen LogP) is 4.50. The van der Waals surface area contributed by atoms with E-state index in [9.17, 15) is 4.79 Å². The monoisotopic (exact) mass is 361 g/mol. The van der Waals surface area contributed by atoms with E-state index < -0.39 is 0 Å². The lowest BCUT2D eigenvalue weighted by atomic mass is 10.2. The summed E-state index contributed by atoms with van der Waals surface area (Å²) in [4.78, 5) is 13.0. The third kappa shape index (κ3) is 3.05. The van der Waals surface area contributed by atoms with E-state index >= 15 is 0 Å². The summed E-state index contributed by atoms with van der Waals surface area (Å²) >= 11 is 7.73. The number of nitrogens with one attached hydrogen (secondary N) is 1. The maximum absolute atomic E-state index is 12.5. The number of amides is 1. The van der Waals surface area contributed by atoms with Gasteiger partial charge < -0.3 is 14.8 Å². The van der Waals surface area contributed by atoms with Crippen molar-refractivity contribution in [3.8, 4) is 11.5 Å². The van der Waals surface area contributed by atoms with Gasteiger partial charge in [-0.1, -0.05) is 41.9 Å². The molecule has 1 aromatic heterocycles. The number of benzene rings is 2. The highest BCUT2D eigenvalue weighted by Gasteiger charge is 2.17. The average Bonchev–Trinajstić information content (AvgIpc) is 2.96. The largest absolute Gasteiger partial charge is 0.493 e. The summed E-state index contributed by atoms with van der Waals surface area (Å²) in [5, 5.41) is 4.28. The van der Waals surface area contributed by atoms with E-state index in [0.717, 1.165) is 15.6 Å². The van der Waals surface area contributed by atoms with Gasteiger partial charge in [-0.3, -0.25) is 4.79 Å². The van der Waals surface area contributed by atoms with E-state index in [1.54, 1.807) is 14.2 Å². The van der Waals surface area contributed by atoms with Crippen molar-refractivity contribution in [1.29, 1.82) is 0 Å². The Morgan fingerprint density at radius 1 is 1.12 bits per heavy atom. The molecule has 2 aromatic carbocycles. The molecule has 0 fully saturated rings. The van der Waals surface area contributed by atoms with E-state index in [4.69, 9.17) is 21.1 Å². The summed E-state index contributed by atoms with van der Waals surface area (Å²) < 4.78 is 11.6. The summed E-state index contributed by atoms with van der Waals surface area (Å²) in [6.07, 6.45) is 0. The summed E-state index contributed by atoms with van der Waals surface area (Å²) in [6, 6.07) is 13.3. The SMILES string of the molecule is COc1cccc(CNC(=O)c2sc3ccccc3c2Cl)c1OC. The normalized spacial score (nSPS) is 10.6. The van der Waals surface area contributed by atoms with Gasteiger partial charge in [-0.25, -0.2) is 0 Å². The molecule has 0 spiro atoms. The van der Waals surface area contributed by atoms with E-state index in [-0.39, 0.29) is 5.91 Å². The standard InChI is InChI=1S/C18H16ClNO3S/c1-22-13-8-5-6-11(16(13)23-2)10-20-18(21)17-15(19)12-7-3-4-9-14(12)24-17/h3-9H,10H2,1-2H3,(H,20,21). The predicted molar refractivity (Wildman–Crippen MR) is 97.6 cm³/mol. The van der Waals surface area contributed by atoms with Crippen LogP contribution >= 0.6 is 22.9 Å². The van der Waals surface area contributed by atoms with Crippen LogP contribution in [0.1, 0.15) is 15.2 Å². The van der Waals surface area contributed by atoms with Gasteiger partial charge in [0.25, 0.3) is 5.91 Å². The molecule has 0 saturated heterocycles. The first-order chi connectivity index (χ1) is 11.7. The second kappa shape index (κ2) is 7.11. The molecular formula is C18H16ClNO3S. The number of hydrogen-bond donors (Lipinski definition) is 1. The van der Waals surface area contributed by atoms with E-state index in [2.05, 4.69) is 5.32 Å². The van der Waals surface area contributed by atoms with E-state index in [1.165, 1.54) is 11.3 Å². The van der Waals surface area contributed by atoms with Crippen molar-refractivity contribution in [3.63, 3.8) is 0 Å². The number of para-hydroxylation sites is 1. The Labute approximate surface area is 149 Å². The van der Waals surface area contributed by atoms with Crippen LogP contribution in [0.25, 0.3) is 10.1 Å². The van der Waals surface area contributed by atoms with E-state index in [1.807, 2.05) is 42.5 Å². The third-order valence-electron chi connectivity index (χ3n) is 3.67. The molecule has 3 aromatic rings. The first-order valence-electron chi connectivity index (χ1n) is 7.30. The topological polar surface area (TPSA) is 47.6 Å². The molecule has 0 aliphatic heterocycles. The lowest BCUT2D eigenvalue weighted by Gasteiger charge is -2.13. The Morgan fingerprint density at radius 2 is 1.92 bits per heavy atom. The minimum absolute atomic E-state index is 0.203. The van der Waals surface area contributed by atoms with Gasteiger partial charge in [-0.05, 0) is 12.1 Å². The molecule has 1 heterocycles. The van der Waals surface area contributed by atoms with Crippen molar-refractivity contribution in [2.24, 2.45) is 0 Å². The molecule has 0 unspecified atom stereocenters. The fourth-order valence-corrected chi connectivity index (χ4v) is 3.94. The Balaban J connectivity index is 1.82. The van der Waals surface area contributed by atoms with Gasteiger partial charge in [-0.2, -0.15) is 0 Å². The van der Waals surface area contributed by atoms with Crippen LogP contribution in [0.3, 0.4) is 0 Å². The van der Waals surface area contributed by atoms with Crippen molar-refractivity contribution in [3.05, 3.63) is 57.9 Å². The van der Waals surface area contributed by atoms with Crippen molar-refractivity contribution in [2.75, 3.05) is 14.2 Å². The highest BCUT2D eigenvalue weighted by molar-refractivity contribution is 7.21. The molecule has 1 amide bonds. The van der Waals surface area contributed by atoms with Crippen molar-refractivity contribution < 1.29 is 14.3 Å². The minimum atomic E-state index is -0.203. The van der Waals surface area contributed by atoms with Crippen LogP contribution in [-0.2, 0) is 6.54 Å². The fraction of sp³-hybridized carbons (Fsp3) is 0.167. The van der Waals surface area contributed by atoms with Crippen molar-refractivity contribution in [2.45, 2.75) is 6.54 Å². The van der Waals surface area contributed by atoms with Crippen molar-refractivity contribution >= 4 is 38.9 Å². The first kappa shape index (κ1) is 16.6. The first-order valence-corrected chi connectivity index (χ1v) is 8.50. The summed E-state index contributed by atoms with van der Waals surface area (Å²) in [5.74, 6) is 1.04. The third-order valence-corrected chi connectivity index (χ3v) is 5.34. The van der Waals surface area contributed by atoms with Gasteiger partial charge in [0.05, 0.1) is 19.2 Å². The maximum atomic E-state index is 12.5. The number of carbonyl (C=O) groups is 1. The Bertz CT molecular complexity index is 891. The lowest BCUT2D eigenvalue weighted by Crippen LogP contribution is -2.22. The van der Waals surface area contributed by atoms with Crippen LogP contribution in [0.2, 0.25) is 5.02 Å². The number of ether oxygens (including phenoxy) is 2. The zero-order chi connectivity index (χ0) is 17.1. The van der Waals surface area contributed by atoms with Crippen LogP contribution in [0, 0.1) is 0 Å². The number of carbonyl (C=O) groups excluding carboxylic acids is 1. The van der Waals surface area contributed by atoms with Crippen LogP contribution in [0.5, 0.6) is 11.5 Å². The molecule has 124 valence electrons. The molecule has 0 bridgehead atoms. The molecule has 0 radical (unpaired) electrons. The number of halogens is 1. The van der Waals surface area contributed by atoms with E-state index in [0.29, 0.717) is 27.9 Å². The molecule has 0 aliphatic rings. The minimum Gasteiger partial charge on any atom is -0.493 e. The number of fused-ring (bicyclic) bond motifs is 1. The van der Waals surface area contributed by atoms with Crippen molar-refractivity contribution in [1.82, 2.24) is 5.32 Å². The second-order valence-corrected chi connectivity index (χ2v) is 6.51. The highest BCUT2D eigenvalue weighted by Crippen LogP contribution is 2.35. The smallest absolute Gasteiger partial charge is 0.263 e. The summed E-state index contributed by atoms with van der Waals surface area (Å²) in [7, 11) is 3.16. The lowest BCUT2D eigenvalue weighted by molar-refractivity contribution is 0.0955. The molecular weight excluding hydrogens is 346 g/mol. The van der Waals surface area contributed by atoms with Gasteiger partial charge in [0.1, 0.15) is 4.88 Å². The van der Waals surface area contributed by atoms with Gasteiger partial charge in [0.2, 0.25) is 0 Å².